The highest BCUT2D eigenvalue weighted by Crippen LogP contribution is 2.24. The molecule has 2 rings (SSSR count). The van der Waals surface area contributed by atoms with Crippen LogP contribution in [-0.2, 0) is 4.79 Å². The molecule has 1 aliphatic carbocycles. The molecule has 0 aromatic heterocycles. The van der Waals surface area contributed by atoms with Crippen molar-refractivity contribution in [2.24, 2.45) is 16.5 Å². The number of amidine groups is 1. The number of allylic oxidation sites excluding steroid dienone is 1. The summed E-state index contributed by atoms with van der Waals surface area (Å²) in [6, 6.07) is -0.438. The summed E-state index contributed by atoms with van der Waals surface area (Å²) < 4.78 is 0. The van der Waals surface area contributed by atoms with Crippen molar-refractivity contribution in [1.82, 2.24) is 4.90 Å². The van der Waals surface area contributed by atoms with Gasteiger partial charge in [-0.2, -0.15) is 0 Å². The van der Waals surface area contributed by atoms with Crippen molar-refractivity contribution in [1.29, 1.82) is 0 Å². The van der Waals surface area contributed by atoms with Crippen LogP contribution in [-0.4, -0.2) is 36.3 Å². The Labute approximate surface area is 102 Å². The maximum Gasteiger partial charge on any atom is 0.244 e. The molecule has 0 spiro atoms. The SMILES string of the molecule is CN1C(=O)C(N)CCN=C1C1=C(N)CCCC1. The highest BCUT2D eigenvalue weighted by Gasteiger charge is 2.28. The molecule has 94 valence electrons. The van der Waals surface area contributed by atoms with Gasteiger partial charge in [-0.25, -0.2) is 0 Å². The molecule has 0 saturated carbocycles. The molecular formula is C12H20N4O. The van der Waals surface area contributed by atoms with Crippen molar-refractivity contribution in [3.05, 3.63) is 11.3 Å². The first-order chi connectivity index (χ1) is 8.11. The van der Waals surface area contributed by atoms with Crippen LogP contribution in [0.15, 0.2) is 16.3 Å². The van der Waals surface area contributed by atoms with E-state index in [0.717, 1.165) is 42.8 Å². The summed E-state index contributed by atoms with van der Waals surface area (Å²) in [5.74, 6) is 0.673. The largest absolute Gasteiger partial charge is 0.402 e. The minimum atomic E-state index is -0.438. The molecule has 0 bridgehead atoms. The van der Waals surface area contributed by atoms with Crippen LogP contribution < -0.4 is 11.5 Å². The fraction of sp³-hybridized carbons (Fsp3) is 0.667. The van der Waals surface area contributed by atoms with Crippen LogP contribution in [0.5, 0.6) is 0 Å². The van der Waals surface area contributed by atoms with Gasteiger partial charge in [-0.1, -0.05) is 0 Å². The van der Waals surface area contributed by atoms with E-state index in [1.807, 2.05) is 0 Å². The zero-order valence-corrected chi connectivity index (χ0v) is 10.3. The third-order valence-corrected chi connectivity index (χ3v) is 3.45. The number of carbonyl (C=O) groups excluding carboxylic acids is 1. The summed E-state index contributed by atoms with van der Waals surface area (Å²) in [5, 5.41) is 0. The lowest BCUT2D eigenvalue weighted by Crippen LogP contribution is -2.44. The Bertz CT molecular complexity index is 386. The molecular weight excluding hydrogens is 216 g/mol. The van der Waals surface area contributed by atoms with E-state index in [0.29, 0.717) is 13.0 Å². The van der Waals surface area contributed by atoms with Crippen LogP contribution in [0.3, 0.4) is 0 Å². The van der Waals surface area contributed by atoms with E-state index in [1.165, 1.54) is 0 Å². The molecule has 0 saturated heterocycles. The average molecular weight is 236 g/mol. The van der Waals surface area contributed by atoms with Crippen LogP contribution in [0.1, 0.15) is 32.1 Å². The summed E-state index contributed by atoms with van der Waals surface area (Å²) >= 11 is 0. The van der Waals surface area contributed by atoms with Gasteiger partial charge < -0.3 is 11.5 Å². The van der Waals surface area contributed by atoms with Gasteiger partial charge in [0.25, 0.3) is 0 Å². The molecule has 5 nitrogen and oxygen atoms in total. The first-order valence-corrected chi connectivity index (χ1v) is 6.16. The monoisotopic (exact) mass is 236 g/mol. The zero-order valence-electron chi connectivity index (χ0n) is 10.3. The number of amides is 1. The van der Waals surface area contributed by atoms with Crippen molar-refractivity contribution in [2.75, 3.05) is 13.6 Å². The van der Waals surface area contributed by atoms with Crippen molar-refractivity contribution in [3.63, 3.8) is 0 Å². The smallest absolute Gasteiger partial charge is 0.244 e. The number of hydrogen-bond donors (Lipinski definition) is 2. The highest BCUT2D eigenvalue weighted by atomic mass is 16.2. The van der Waals surface area contributed by atoms with Gasteiger partial charge in [0, 0.05) is 24.9 Å². The van der Waals surface area contributed by atoms with E-state index in [-0.39, 0.29) is 5.91 Å². The number of likely N-dealkylation sites (N-methyl/N-ethyl adjacent to an activating group) is 1. The molecule has 5 heteroatoms. The fourth-order valence-electron chi connectivity index (χ4n) is 2.37. The topological polar surface area (TPSA) is 84.7 Å². The normalized spacial score (nSPS) is 26.9. The van der Waals surface area contributed by atoms with Gasteiger partial charge in [-0.15, -0.1) is 0 Å². The molecule has 1 aliphatic heterocycles. The molecule has 1 amide bonds. The lowest BCUT2D eigenvalue weighted by Gasteiger charge is -2.25. The molecule has 2 aliphatic rings. The quantitative estimate of drug-likeness (QED) is 0.689. The van der Waals surface area contributed by atoms with Crippen molar-refractivity contribution >= 4 is 11.7 Å². The number of hydrogen-bond acceptors (Lipinski definition) is 4. The van der Waals surface area contributed by atoms with E-state index in [2.05, 4.69) is 4.99 Å². The Morgan fingerprint density at radius 1 is 1.35 bits per heavy atom. The second-order valence-corrected chi connectivity index (χ2v) is 4.71. The van der Waals surface area contributed by atoms with Gasteiger partial charge in [-0.05, 0) is 32.1 Å². The third-order valence-electron chi connectivity index (χ3n) is 3.45. The van der Waals surface area contributed by atoms with Crippen LogP contribution in [0, 0.1) is 0 Å². The standard InChI is InChI=1S/C12H20N4O/c1-16-11(8-4-2-3-5-9(8)13)15-7-6-10(14)12(16)17/h10H,2-7,13-14H2,1H3. The fourth-order valence-corrected chi connectivity index (χ4v) is 2.37. The number of rotatable bonds is 1. The van der Waals surface area contributed by atoms with Crippen molar-refractivity contribution in [3.8, 4) is 0 Å². The first kappa shape index (κ1) is 12.1. The lowest BCUT2D eigenvalue weighted by atomic mass is 9.95. The Hall–Kier alpha value is -1.36. The Morgan fingerprint density at radius 2 is 2.06 bits per heavy atom. The Balaban J connectivity index is 2.30. The summed E-state index contributed by atoms with van der Waals surface area (Å²) in [7, 11) is 1.74. The number of nitrogens with two attached hydrogens (primary N) is 2. The Kier molecular flexibility index (Phi) is 3.47. The molecule has 0 fully saturated rings. The number of nitrogens with zero attached hydrogens (tertiary/aromatic N) is 2. The molecule has 1 heterocycles. The van der Waals surface area contributed by atoms with Crippen LogP contribution in [0.25, 0.3) is 0 Å². The molecule has 4 N–H and O–H groups in total. The van der Waals surface area contributed by atoms with Gasteiger partial charge in [-0.3, -0.25) is 14.7 Å². The van der Waals surface area contributed by atoms with Crippen LogP contribution in [0.2, 0.25) is 0 Å². The molecule has 17 heavy (non-hydrogen) atoms. The number of aliphatic imine (C=N–C) groups is 1. The summed E-state index contributed by atoms with van der Waals surface area (Å²) in [6.45, 7) is 0.601. The highest BCUT2D eigenvalue weighted by molar-refractivity contribution is 6.09. The predicted molar refractivity (Wildman–Crippen MR) is 67.3 cm³/mol. The number of carbonyl (C=O) groups is 1. The van der Waals surface area contributed by atoms with Crippen LogP contribution >= 0.6 is 0 Å². The van der Waals surface area contributed by atoms with Gasteiger partial charge in [0.1, 0.15) is 5.84 Å². The minimum Gasteiger partial charge on any atom is -0.402 e. The first-order valence-electron chi connectivity index (χ1n) is 6.16. The molecule has 0 aromatic rings. The van der Waals surface area contributed by atoms with Crippen LogP contribution in [0.4, 0.5) is 0 Å². The van der Waals surface area contributed by atoms with E-state index < -0.39 is 6.04 Å². The van der Waals surface area contributed by atoms with Gasteiger partial charge in [0.15, 0.2) is 0 Å². The molecule has 1 unspecified atom stereocenters. The Morgan fingerprint density at radius 3 is 2.76 bits per heavy atom. The second-order valence-electron chi connectivity index (χ2n) is 4.71. The molecule has 1 atom stereocenters. The van der Waals surface area contributed by atoms with E-state index in [9.17, 15) is 4.79 Å². The predicted octanol–water partition coefficient (Wildman–Crippen LogP) is 0.361. The summed E-state index contributed by atoms with van der Waals surface area (Å²) in [6.07, 6.45) is 4.67. The third kappa shape index (κ3) is 2.34. The maximum atomic E-state index is 12.0. The lowest BCUT2D eigenvalue weighted by molar-refractivity contribution is -0.127. The van der Waals surface area contributed by atoms with Crippen molar-refractivity contribution < 1.29 is 4.79 Å². The van der Waals surface area contributed by atoms with Gasteiger partial charge in [0.05, 0.1) is 6.04 Å². The molecule has 0 radical (unpaired) electrons. The van der Waals surface area contributed by atoms with Crippen molar-refractivity contribution in [2.45, 2.75) is 38.1 Å². The van der Waals surface area contributed by atoms with Gasteiger partial charge in [0.2, 0.25) is 5.91 Å². The maximum absolute atomic E-state index is 12.0. The average Bonchev–Trinajstić information content (AvgIpc) is 2.44. The minimum absolute atomic E-state index is 0.0628. The van der Waals surface area contributed by atoms with Gasteiger partial charge >= 0.3 is 0 Å². The zero-order chi connectivity index (χ0) is 12.4. The molecule has 0 aromatic carbocycles. The van der Waals surface area contributed by atoms with E-state index >= 15 is 0 Å². The van der Waals surface area contributed by atoms with E-state index in [4.69, 9.17) is 11.5 Å². The summed E-state index contributed by atoms with van der Waals surface area (Å²) in [4.78, 5) is 18.0. The second kappa shape index (κ2) is 4.87. The van der Waals surface area contributed by atoms with E-state index in [1.54, 1.807) is 11.9 Å². The summed E-state index contributed by atoms with van der Waals surface area (Å²) in [5.41, 5.74) is 13.7.